The fraction of sp³-hybridized carbons (Fsp3) is 0.438. The number of hydrogen-bond donors (Lipinski definition) is 2. The summed E-state index contributed by atoms with van der Waals surface area (Å²) in [5.74, 6) is -7.31. The van der Waals surface area contributed by atoms with E-state index in [0.717, 1.165) is 55.4 Å². The van der Waals surface area contributed by atoms with Crippen molar-refractivity contribution in [2.75, 3.05) is 13.2 Å². The number of esters is 7. The summed E-state index contributed by atoms with van der Waals surface area (Å²) in [7, 11) is 0. The molecule has 3 aromatic carbocycles. The van der Waals surface area contributed by atoms with Crippen LogP contribution in [-0.4, -0.2) is 128 Å². The molecular weight excluding hydrogens is 1010 g/mol. The molecule has 73 heavy (non-hydrogen) atoms. The lowest BCUT2D eigenvalue weighted by Gasteiger charge is -2.45. The Hall–Kier alpha value is -7.21. The summed E-state index contributed by atoms with van der Waals surface area (Å²) < 4.78 is 70.7. The number of amides is 2. The molecule has 0 aromatic heterocycles. The average molecular weight is 1060 g/mol. The first-order chi connectivity index (χ1) is 34.5. The van der Waals surface area contributed by atoms with Gasteiger partial charge in [0.05, 0.1) is 15.6 Å². The zero-order chi connectivity index (χ0) is 53.2. The van der Waals surface area contributed by atoms with Crippen LogP contribution in [0.2, 0.25) is 10.0 Å². The second kappa shape index (κ2) is 21.9. The zero-order valence-corrected chi connectivity index (χ0v) is 41.6. The average Bonchev–Trinajstić information content (AvgIpc) is 3.58. The topological polar surface area (TPSA) is 288 Å². The van der Waals surface area contributed by atoms with E-state index in [1.165, 1.54) is 24.3 Å². The van der Waals surface area contributed by atoms with Gasteiger partial charge in [0.2, 0.25) is 24.4 Å². The second-order valence-corrected chi connectivity index (χ2v) is 17.8. The molecule has 2 fully saturated rings. The number of benzene rings is 3. The van der Waals surface area contributed by atoms with E-state index in [9.17, 15) is 43.2 Å². The molecule has 0 bridgehead atoms. The maximum atomic E-state index is 13.8. The molecule has 4 aliphatic rings. The van der Waals surface area contributed by atoms with Gasteiger partial charge in [-0.3, -0.25) is 38.4 Å². The Kier molecular flexibility index (Phi) is 16.1. The SMILES string of the molecule is CC(=O)N[C@H]1[C@H](Oc2cc3c(cc2Cl)C2(OC(=O)c4ccccc42)c2cc(Cl)c(O[C@@H]4O[C@H](COC(C)=O)[C@@H](OC(C)=O)[C@H](OC(C)=O)[C@H]4NC(C)=O)cc2O3)O[C@H](COC(C)=O)[C@@H](OC(C)=O)[C@@H]1OC(C)=O. The third kappa shape index (κ3) is 11.5. The van der Waals surface area contributed by atoms with Gasteiger partial charge in [0.25, 0.3) is 0 Å². The molecule has 3 aromatic rings. The third-order valence-corrected chi connectivity index (χ3v) is 12.0. The van der Waals surface area contributed by atoms with Crippen LogP contribution < -0.4 is 24.8 Å². The van der Waals surface area contributed by atoms with E-state index in [4.69, 9.17) is 80.0 Å². The van der Waals surface area contributed by atoms with E-state index >= 15 is 0 Å². The van der Waals surface area contributed by atoms with Crippen LogP contribution in [0.3, 0.4) is 0 Å². The number of carbonyl (C=O) groups excluding carboxylic acids is 9. The Balaban J connectivity index is 1.34. The van der Waals surface area contributed by atoms with Gasteiger partial charge in [0, 0.05) is 84.2 Å². The number of ether oxygens (including phenoxy) is 12. The highest BCUT2D eigenvalue weighted by atomic mass is 35.5. The minimum absolute atomic E-state index is 0.0482. The Morgan fingerprint density at radius 3 is 1.33 bits per heavy atom. The quantitative estimate of drug-likeness (QED) is 0.172. The molecule has 2 amide bonds. The number of rotatable bonds is 14. The molecule has 390 valence electrons. The summed E-state index contributed by atoms with van der Waals surface area (Å²) in [6.45, 7) is 7.85. The molecule has 4 aliphatic heterocycles. The van der Waals surface area contributed by atoms with E-state index in [2.05, 4.69) is 10.6 Å². The normalized spacial score (nSPS) is 25.1. The fourth-order valence-electron chi connectivity index (χ4n) is 8.88. The van der Waals surface area contributed by atoms with Gasteiger partial charge in [-0.25, -0.2) is 4.79 Å². The number of fused-ring (bicyclic) bond motifs is 6. The van der Waals surface area contributed by atoms with Gasteiger partial charge in [0.15, 0.2) is 30.0 Å². The molecule has 0 unspecified atom stereocenters. The van der Waals surface area contributed by atoms with Crippen LogP contribution >= 0.6 is 23.2 Å². The third-order valence-electron chi connectivity index (χ3n) is 11.4. The Morgan fingerprint density at radius 1 is 0.548 bits per heavy atom. The molecular formula is C48H48Cl2N2O21. The molecule has 23 nitrogen and oxygen atoms in total. The van der Waals surface area contributed by atoms with Crippen molar-refractivity contribution in [3.05, 3.63) is 80.8 Å². The van der Waals surface area contributed by atoms with Crippen molar-refractivity contribution in [3.8, 4) is 23.0 Å². The second-order valence-electron chi connectivity index (χ2n) is 17.0. The standard InChI is InChI=1S/C48H48Cl2N2O21/c1-19(53)51-39-43(66-25(7)59)41(64-23(5)57)37(17-62-21(3)55)71-46(39)69-35-15-33-29(13-31(35)49)48(28-12-10-9-11-27(28)45(61)73-48)30-14-32(50)36(16-34(30)68-33)70-47-40(52-20(2)54)44(67-26(8)60)42(65-24(6)58)38(72-47)18-63-22(4)56/h9-16,37-44,46-47H,17-18H2,1-8H3,(H,51,53)(H,52,54)/t37-,38-,39-,40-,41-,42-,43-,44-,46-,47-/m1/s1. The van der Waals surface area contributed by atoms with Crippen molar-refractivity contribution >= 4 is 76.8 Å². The van der Waals surface area contributed by atoms with Gasteiger partial charge in [-0.1, -0.05) is 41.4 Å². The lowest BCUT2D eigenvalue weighted by Crippen LogP contribution is -2.67. The monoisotopic (exact) mass is 1060 g/mol. The lowest BCUT2D eigenvalue weighted by atomic mass is 9.77. The van der Waals surface area contributed by atoms with Crippen LogP contribution in [0, 0.1) is 0 Å². The number of hydrogen-bond acceptors (Lipinski definition) is 21. The van der Waals surface area contributed by atoms with Crippen molar-refractivity contribution in [3.63, 3.8) is 0 Å². The number of nitrogens with one attached hydrogen (secondary N) is 2. The summed E-state index contributed by atoms with van der Waals surface area (Å²) in [6, 6.07) is 9.10. The van der Waals surface area contributed by atoms with E-state index in [1.54, 1.807) is 24.3 Å². The maximum absolute atomic E-state index is 13.8. The van der Waals surface area contributed by atoms with Gasteiger partial charge in [-0.05, 0) is 18.2 Å². The Morgan fingerprint density at radius 2 is 0.945 bits per heavy atom. The molecule has 0 aliphatic carbocycles. The number of halogens is 2. The Labute approximate surface area is 425 Å². The highest BCUT2D eigenvalue weighted by Crippen LogP contribution is 2.59. The summed E-state index contributed by atoms with van der Waals surface area (Å²) in [4.78, 5) is 113. The van der Waals surface area contributed by atoms with Crippen LogP contribution in [0.25, 0.3) is 0 Å². The smallest absolute Gasteiger partial charge is 0.340 e. The minimum atomic E-state index is -1.83. The van der Waals surface area contributed by atoms with E-state index in [-0.39, 0.29) is 49.7 Å². The first kappa shape index (κ1) is 53.6. The maximum Gasteiger partial charge on any atom is 0.340 e. The van der Waals surface area contributed by atoms with Gasteiger partial charge < -0.3 is 67.5 Å². The van der Waals surface area contributed by atoms with Crippen LogP contribution in [0.4, 0.5) is 0 Å². The predicted molar refractivity (Wildman–Crippen MR) is 244 cm³/mol. The van der Waals surface area contributed by atoms with Crippen LogP contribution in [0.5, 0.6) is 23.0 Å². The molecule has 0 saturated carbocycles. The van der Waals surface area contributed by atoms with Crippen LogP contribution in [0.15, 0.2) is 48.5 Å². The van der Waals surface area contributed by atoms with E-state index < -0.39 is 134 Å². The molecule has 1 spiro atoms. The molecule has 25 heteroatoms. The van der Waals surface area contributed by atoms with Crippen LogP contribution in [0.1, 0.15) is 82.4 Å². The summed E-state index contributed by atoms with van der Waals surface area (Å²) in [5, 5.41) is 4.96. The van der Waals surface area contributed by atoms with Gasteiger partial charge in [0.1, 0.15) is 60.5 Å². The van der Waals surface area contributed by atoms with Crippen LogP contribution in [-0.2, 0) is 86.6 Å². The first-order valence-corrected chi connectivity index (χ1v) is 23.1. The molecule has 10 atom stereocenters. The first-order valence-electron chi connectivity index (χ1n) is 22.3. The van der Waals surface area contributed by atoms with Crippen molar-refractivity contribution in [1.29, 1.82) is 0 Å². The highest BCUT2D eigenvalue weighted by Gasteiger charge is 2.57. The fourth-order valence-corrected chi connectivity index (χ4v) is 9.30. The van der Waals surface area contributed by atoms with E-state index in [1.807, 2.05) is 0 Å². The summed E-state index contributed by atoms with van der Waals surface area (Å²) in [6.07, 6.45) is -11.8. The van der Waals surface area contributed by atoms with Gasteiger partial charge in [-0.2, -0.15) is 0 Å². The summed E-state index contributed by atoms with van der Waals surface area (Å²) in [5.41, 5.74) is -0.989. The molecule has 2 N–H and O–H groups in total. The minimum Gasteiger partial charge on any atom is -0.463 e. The van der Waals surface area contributed by atoms with Crippen molar-refractivity contribution in [2.45, 2.75) is 122 Å². The zero-order valence-electron chi connectivity index (χ0n) is 40.1. The molecule has 4 heterocycles. The van der Waals surface area contributed by atoms with Gasteiger partial charge in [-0.15, -0.1) is 0 Å². The molecule has 0 radical (unpaired) electrons. The largest absolute Gasteiger partial charge is 0.463 e. The Bertz CT molecular complexity index is 2600. The lowest BCUT2D eigenvalue weighted by molar-refractivity contribution is -0.257. The molecule has 2 saturated heterocycles. The highest BCUT2D eigenvalue weighted by molar-refractivity contribution is 6.32. The number of carbonyl (C=O) groups is 9. The van der Waals surface area contributed by atoms with Crippen molar-refractivity contribution < 1.29 is 100.0 Å². The van der Waals surface area contributed by atoms with Gasteiger partial charge >= 0.3 is 41.8 Å². The van der Waals surface area contributed by atoms with E-state index in [0.29, 0.717) is 5.56 Å². The summed E-state index contributed by atoms with van der Waals surface area (Å²) >= 11 is 14.1. The molecule has 7 rings (SSSR count). The van der Waals surface area contributed by atoms with Crippen molar-refractivity contribution in [1.82, 2.24) is 10.6 Å². The van der Waals surface area contributed by atoms with Crippen molar-refractivity contribution in [2.24, 2.45) is 0 Å². The predicted octanol–water partition coefficient (Wildman–Crippen LogP) is 3.63.